The lowest BCUT2D eigenvalue weighted by Crippen LogP contribution is -2.13. The van der Waals surface area contributed by atoms with E-state index in [-0.39, 0.29) is 12.5 Å². The molecule has 2 rings (SSSR count). The Hall–Kier alpha value is -3.28. The van der Waals surface area contributed by atoms with Gasteiger partial charge in [-0.1, -0.05) is 12.1 Å². The Labute approximate surface area is 152 Å². The molecule has 0 heterocycles. The number of amides is 1. The van der Waals surface area contributed by atoms with E-state index in [2.05, 4.69) is 5.32 Å². The first kappa shape index (κ1) is 19.1. The standard InChI is InChI=1S/C20H21NO5/c1-4-26-20(23)16-7-5-6-8-17(16)21-19(22)12-9-14-13-15(24-2)10-11-18(14)25-3/h5-13H,4H2,1-3H3,(H,21,22)/b12-9+. The predicted octanol–water partition coefficient (Wildman–Crippen LogP) is 3.53. The van der Waals surface area contributed by atoms with Crippen LogP contribution in [0.25, 0.3) is 6.08 Å². The van der Waals surface area contributed by atoms with E-state index in [1.807, 2.05) is 0 Å². The molecule has 6 heteroatoms. The zero-order valence-electron chi connectivity index (χ0n) is 14.9. The first-order valence-corrected chi connectivity index (χ1v) is 8.06. The maximum absolute atomic E-state index is 12.3. The molecule has 136 valence electrons. The lowest BCUT2D eigenvalue weighted by Gasteiger charge is -2.09. The summed E-state index contributed by atoms with van der Waals surface area (Å²) in [6.45, 7) is 1.99. The first-order chi connectivity index (χ1) is 12.6. The highest BCUT2D eigenvalue weighted by molar-refractivity contribution is 6.06. The quantitative estimate of drug-likeness (QED) is 0.607. The Morgan fingerprint density at radius 1 is 1.08 bits per heavy atom. The van der Waals surface area contributed by atoms with Crippen LogP contribution in [0.3, 0.4) is 0 Å². The monoisotopic (exact) mass is 355 g/mol. The van der Waals surface area contributed by atoms with E-state index in [0.717, 1.165) is 0 Å². The fourth-order valence-electron chi connectivity index (χ4n) is 2.29. The van der Waals surface area contributed by atoms with Crippen LogP contribution in [0, 0.1) is 0 Å². The van der Waals surface area contributed by atoms with Crippen LogP contribution in [0.1, 0.15) is 22.8 Å². The lowest BCUT2D eigenvalue weighted by atomic mass is 10.1. The SMILES string of the molecule is CCOC(=O)c1ccccc1NC(=O)/C=C/c1cc(OC)ccc1OC. The predicted molar refractivity (Wildman–Crippen MR) is 99.6 cm³/mol. The molecule has 0 spiro atoms. The van der Waals surface area contributed by atoms with E-state index in [1.165, 1.54) is 6.08 Å². The van der Waals surface area contributed by atoms with Crippen LogP contribution in [-0.2, 0) is 9.53 Å². The van der Waals surface area contributed by atoms with E-state index >= 15 is 0 Å². The van der Waals surface area contributed by atoms with E-state index < -0.39 is 5.97 Å². The second-order valence-corrected chi connectivity index (χ2v) is 5.20. The molecule has 0 fully saturated rings. The maximum Gasteiger partial charge on any atom is 0.340 e. The molecular formula is C20H21NO5. The van der Waals surface area contributed by atoms with E-state index in [4.69, 9.17) is 14.2 Å². The Balaban J connectivity index is 2.17. The average molecular weight is 355 g/mol. The Morgan fingerprint density at radius 3 is 2.54 bits per heavy atom. The summed E-state index contributed by atoms with van der Waals surface area (Å²) in [5.41, 5.74) is 1.38. The molecule has 2 aromatic carbocycles. The number of benzene rings is 2. The zero-order chi connectivity index (χ0) is 18.9. The number of hydrogen-bond donors (Lipinski definition) is 1. The Bertz CT molecular complexity index is 814. The topological polar surface area (TPSA) is 73.9 Å². The molecule has 0 unspecified atom stereocenters. The molecule has 0 radical (unpaired) electrons. The minimum atomic E-state index is -0.484. The number of nitrogens with one attached hydrogen (secondary N) is 1. The van der Waals surface area contributed by atoms with Crippen molar-refractivity contribution in [2.24, 2.45) is 0 Å². The van der Waals surface area contributed by atoms with Gasteiger partial charge in [0.15, 0.2) is 0 Å². The largest absolute Gasteiger partial charge is 0.497 e. The number of carbonyl (C=O) groups is 2. The van der Waals surface area contributed by atoms with Crippen molar-refractivity contribution in [3.05, 3.63) is 59.7 Å². The number of carbonyl (C=O) groups excluding carboxylic acids is 2. The summed E-state index contributed by atoms with van der Waals surface area (Å²) in [6.07, 6.45) is 2.98. The molecule has 1 N–H and O–H groups in total. The Morgan fingerprint density at radius 2 is 1.85 bits per heavy atom. The minimum Gasteiger partial charge on any atom is -0.497 e. The smallest absolute Gasteiger partial charge is 0.340 e. The third kappa shape index (κ3) is 4.86. The molecule has 6 nitrogen and oxygen atoms in total. The first-order valence-electron chi connectivity index (χ1n) is 8.06. The summed E-state index contributed by atoms with van der Waals surface area (Å²) in [6, 6.07) is 12.0. The average Bonchev–Trinajstić information content (AvgIpc) is 2.66. The van der Waals surface area contributed by atoms with Gasteiger partial charge in [0.1, 0.15) is 11.5 Å². The highest BCUT2D eigenvalue weighted by atomic mass is 16.5. The highest BCUT2D eigenvalue weighted by Gasteiger charge is 2.13. The number of methoxy groups -OCH3 is 2. The summed E-state index contributed by atoms with van der Waals surface area (Å²) < 4.78 is 15.5. The van der Waals surface area contributed by atoms with Crippen LogP contribution in [0.4, 0.5) is 5.69 Å². The molecule has 0 aromatic heterocycles. The normalized spacial score (nSPS) is 10.4. The number of esters is 1. The van der Waals surface area contributed by atoms with Crippen molar-refractivity contribution in [3.63, 3.8) is 0 Å². The molecule has 0 atom stereocenters. The Kier molecular flexibility index (Phi) is 6.79. The van der Waals surface area contributed by atoms with Crippen LogP contribution in [-0.4, -0.2) is 32.7 Å². The molecule has 0 aliphatic heterocycles. The van der Waals surface area contributed by atoms with Crippen LogP contribution in [0.5, 0.6) is 11.5 Å². The van der Waals surface area contributed by atoms with Gasteiger partial charge in [-0.3, -0.25) is 4.79 Å². The van der Waals surface area contributed by atoms with E-state index in [0.29, 0.717) is 28.3 Å². The third-order valence-electron chi connectivity index (χ3n) is 3.53. The van der Waals surface area contributed by atoms with Gasteiger partial charge in [0.25, 0.3) is 0 Å². The number of rotatable bonds is 7. The maximum atomic E-state index is 12.3. The third-order valence-corrected chi connectivity index (χ3v) is 3.53. The summed E-state index contributed by atoms with van der Waals surface area (Å²) in [7, 11) is 3.11. The summed E-state index contributed by atoms with van der Waals surface area (Å²) >= 11 is 0. The second-order valence-electron chi connectivity index (χ2n) is 5.20. The van der Waals surface area contributed by atoms with Crippen molar-refractivity contribution < 1.29 is 23.8 Å². The van der Waals surface area contributed by atoms with Gasteiger partial charge >= 0.3 is 5.97 Å². The van der Waals surface area contributed by atoms with Crippen molar-refractivity contribution in [1.29, 1.82) is 0 Å². The van der Waals surface area contributed by atoms with Crippen LogP contribution < -0.4 is 14.8 Å². The molecule has 0 saturated heterocycles. The van der Waals surface area contributed by atoms with E-state index in [9.17, 15) is 9.59 Å². The van der Waals surface area contributed by atoms with Crippen molar-refractivity contribution in [2.45, 2.75) is 6.92 Å². The van der Waals surface area contributed by atoms with Gasteiger partial charge in [0.05, 0.1) is 32.1 Å². The van der Waals surface area contributed by atoms with E-state index in [1.54, 1.807) is 69.7 Å². The molecule has 0 aliphatic rings. The van der Waals surface area contributed by atoms with Crippen molar-refractivity contribution in [2.75, 3.05) is 26.1 Å². The summed E-state index contributed by atoms with van der Waals surface area (Å²) in [5, 5.41) is 2.69. The number of hydrogen-bond acceptors (Lipinski definition) is 5. The molecule has 0 bridgehead atoms. The molecule has 0 aliphatic carbocycles. The van der Waals surface area contributed by atoms with Gasteiger partial charge in [-0.2, -0.15) is 0 Å². The fraction of sp³-hybridized carbons (Fsp3) is 0.200. The van der Waals surface area contributed by atoms with Crippen molar-refractivity contribution in [1.82, 2.24) is 0 Å². The van der Waals surface area contributed by atoms with Gasteiger partial charge in [0.2, 0.25) is 5.91 Å². The molecule has 2 aromatic rings. The molecule has 26 heavy (non-hydrogen) atoms. The van der Waals surface area contributed by atoms with Crippen LogP contribution in [0.2, 0.25) is 0 Å². The highest BCUT2D eigenvalue weighted by Crippen LogP contribution is 2.25. The molecule has 1 amide bonds. The number of ether oxygens (including phenoxy) is 3. The van der Waals surface area contributed by atoms with Crippen LogP contribution >= 0.6 is 0 Å². The van der Waals surface area contributed by atoms with Crippen molar-refractivity contribution in [3.8, 4) is 11.5 Å². The summed E-state index contributed by atoms with van der Waals surface area (Å²) in [5.74, 6) is 0.397. The summed E-state index contributed by atoms with van der Waals surface area (Å²) in [4.78, 5) is 24.2. The minimum absolute atomic E-state index is 0.261. The van der Waals surface area contributed by atoms with Gasteiger partial charge < -0.3 is 19.5 Å². The molecular weight excluding hydrogens is 334 g/mol. The molecule has 0 saturated carbocycles. The second kappa shape index (κ2) is 9.27. The zero-order valence-corrected chi connectivity index (χ0v) is 14.9. The lowest BCUT2D eigenvalue weighted by molar-refractivity contribution is -0.111. The number of anilines is 1. The fourth-order valence-corrected chi connectivity index (χ4v) is 2.29. The van der Waals surface area contributed by atoms with Gasteiger partial charge in [-0.05, 0) is 43.3 Å². The number of para-hydroxylation sites is 1. The van der Waals surface area contributed by atoms with Crippen LogP contribution in [0.15, 0.2) is 48.5 Å². The van der Waals surface area contributed by atoms with Gasteiger partial charge in [-0.25, -0.2) is 4.79 Å². The van der Waals surface area contributed by atoms with Gasteiger partial charge in [-0.15, -0.1) is 0 Å². The van der Waals surface area contributed by atoms with Gasteiger partial charge in [0, 0.05) is 11.6 Å². The van der Waals surface area contributed by atoms with Crippen molar-refractivity contribution >= 4 is 23.6 Å².